The van der Waals surface area contributed by atoms with E-state index in [1.807, 2.05) is 30.3 Å². The molecule has 3 rings (SSSR count). The second-order valence-corrected chi connectivity index (χ2v) is 5.74. The summed E-state index contributed by atoms with van der Waals surface area (Å²) in [6.07, 6.45) is 4.37. The second kappa shape index (κ2) is 7.45. The van der Waals surface area contributed by atoms with Crippen molar-refractivity contribution in [2.24, 2.45) is 0 Å². The fourth-order valence-electron chi connectivity index (χ4n) is 2.85. The van der Waals surface area contributed by atoms with Crippen LogP contribution in [0.3, 0.4) is 0 Å². The van der Waals surface area contributed by atoms with Crippen LogP contribution in [-0.4, -0.2) is 18.4 Å². The highest BCUT2D eigenvalue weighted by Gasteiger charge is 2.20. The first-order valence-corrected chi connectivity index (χ1v) is 8.06. The van der Waals surface area contributed by atoms with Crippen LogP contribution < -0.4 is 10.2 Å². The number of carbonyl (C=O) groups excluding carboxylic acids is 2. The summed E-state index contributed by atoms with van der Waals surface area (Å²) in [6, 6.07) is 16.4. The fourth-order valence-corrected chi connectivity index (χ4v) is 2.85. The lowest BCUT2D eigenvalue weighted by Crippen LogP contribution is -2.34. The zero-order valence-electron chi connectivity index (χ0n) is 13.6. The molecule has 0 spiro atoms. The van der Waals surface area contributed by atoms with Gasteiger partial charge < -0.3 is 10.2 Å². The van der Waals surface area contributed by atoms with Crippen molar-refractivity contribution in [3.63, 3.8) is 0 Å². The topological polar surface area (TPSA) is 73.2 Å². The standard InChI is InChI=1S/C20H17N3O2/c21-14-15-5-3-8-17(13-15)22-19(24)10-11-20(25)23-12-4-7-16-6-1-2-9-18(16)23/h1-3,5-6,8-11,13H,4,7,12H2,(H,22,24). The van der Waals surface area contributed by atoms with Crippen LogP contribution in [-0.2, 0) is 16.0 Å². The maximum Gasteiger partial charge on any atom is 0.251 e. The molecule has 0 radical (unpaired) electrons. The molecule has 0 aromatic heterocycles. The number of fused-ring (bicyclic) bond motifs is 1. The van der Waals surface area contributed by atoms with Crippen molar-refractivity contribution in [3.05, 3.63) is 71.8 Å². The van der Waals surface area contributed by atoms with Gasteiger partial charge in [0.1, 0.15) is 0 Å². The molecule has 0 fully saturated rings. The van der Waals surface area contributed by atoms with Crippen LogP contribution in [0.4, 0.5) is 11.4 Å². The van der Waals surface area contributed by atoms with Crippen molar-refractivity contribution in [2.45, 2.75) is 12.8 Å². The van der Waals surface area contributed by atoms with Crippen molar-refractivity contribution in [1.29, 1.82) is 5.26 Å². The lowest BCUT2D eigenvalue weighted by atomic mass is 10.0. The first-order chi connectivity index (χ1) is 12.2. The quantitative estimate of drug-likeness (QED) is 0.879. The van der Waals surface area contributed by atoms with E-state index < -0.39 is 5.91 Å². The molecule has 124 valence electrons. The van der Waals surface area contributed by atoms with Crippen LogP contribution >= 0.6 is 0 Å². The number of benzene rings is 2. The van der Waals surface area contributed by atoms with Gasteiger partial charge in [0.2, 0.25) is 5.91 Å². The molecule has 1 aliphatic rings. The highest BCUT2D eigenvalue weighted by Crippen LogP contribution is 2.26. The predicted molar refractivity (Wildman–Crippen MR) is 96.0 cm³/mol. The number of nitrogens with one attached hydrogen (secondary N) is 1. The molecule has 2 aromatic carbocycles. The minimum atomic E-state index is -0.409. The summed E-state index contributed by atoms with van der Waals surface area (Å²) < 4.78 is 0. The highest BCUT2D eigenvalue weighted by molar-refractivity contribution is 6.08. The minimum absolute atomic E-state index is 0.215. The van der Waals surface area contributed by atoms with Crippen LogP contribution in [0.25, 0.3) is 0 Å². The number of rotatable bonds is 3. The molecule has 2 aromatic rings. The van der Waals surface area contributed by atoms with Gasteiger partial charge in [-0.3, -0.25) is 9.59 Å². The van der Waals surface area contributed by atoms with E-state index in [4.69, 9.17) is 5.26 Å². The van der Waals surface area contributed by atoms with Gasteiger partial charge in [-0.1, -0.05) is 24.3 Å². The molecule has 5 heteroatoms. The Labute approximate surface area is 146 Å². The fraction of sp³-hybridized carbons (Fsp3) is 0.150. The van der Waals surface area contributed by atoms with Crippen molar-refractivity contribution in [2.75, 3.05) is 16.8 Å². The van der Waals surface area contributed by atoms with Crippen LogP contribution in [0.5, 0.6) is 0 Å². The molecule has 2 amide bonds. The SMILES string of the molecule is N#Cc1cccc(NC(=O)C=CC(=O)N2CCCc3ccccc32)c1. The van der Waals surface area contributed by atoms with E-state index in [2.05, 4.69) is 5.32 Å². The summed E-state index contributed by atoms with van der Waals surface area (Å²) in [4.78, 5) is 26.1. The van der Waals surface area contributed by atoms with Crippen LogP contribution in [0, 0.1) is 11.3 Å². The summed E-state index contributed by atoms with van der Waals surface area (Å²) >= 11 is 0. The van der Waals surface area contributed by atoms with Gasteiger partial charge in [0, 0.05) is 30.1 Å². The van der Waals surface area contributed by atoms with Gasteiger partial charge in [-0.05, 0) is 42.7 Å². The molecule has 0 aliphatic carbocycles. The first-order valence-electron chi connectivity index (χ1n) is 8.06. The Morgan fingerprint density at radius 2 is 1.96 bits per heavy atom. The van der Waals surface area contributed by atoms with E-state index in [1.165, 1.54) is 12.2 Å². The van der Waals surface area contributed by atoms with Gasteiger partial charge in [0.05, 0.1) is 11.6 Å². The maximum absolute atomic E-state index is 12.4. The smallest absolute Gasteiger partial charge is 0.251 e. The molecule has 1 aliphatic heterocycles. The predicted octanol–water partition coefficient (Wildman–Crippen LogP) is 3.03. The monoisotopic (exact) mass is 331 g/mol. The Kier molecular flexibility index (Phi) is 4.91. The Balaban J connectivity index is 1.67. The van der Waals surface area contributed by atoms with Gasteiger partial charge in [0.15, 0.2) is 0 Å². The number of nitrogens with zero attached hydrogens (tertiary/aromatic N) is 2. The molecular formula is C20H17N3O2. The third-order valence-corrected chi connectivity index (χ3v) is 4.01. The zero-order valence-corrected chi connectivity index (χ0v) is 13.6. The molecule has 0 unspecified atom stereocenters. The third kappa shape index (κ3) is 3.93. The normalized spacial score (nSPS) is 13.2. The first kappa shape index (κ1) is 16.5. The number of para-hydroxylation sites is 1. The molecule has 25 heavy (non-hydrogen) atoms. The number of hydrogen-bond acceptors (Lipinski definition) is 3. The zero-order chi connectivity index (χ0) is 17.6. The van der Waals surface area contributed by atoms with Gasteiger partial charge >= 0.3 is 0 Å². The lowest BCUT2D eigenvalue weighted by Gasteiger charge is -2.28. The number of aryl methyl sites for hydroxylation is 1. The highest BCUT2D eigenvalue weighted by atomic mass is 16.2. The molecule has 0 saturated carbocycles. The van der Waals surface area contributed by atoms with Crippen LogP contribution in [0.1, 0.15) is 17.5 Å². The van der Waals surface area contributed by atoms with E-state index in [1.54, 1.807) is 29.2 Å². The van der Waals surface area contributed by atoms with Crippen molar-refractivity contribution in [1.82, 2.24) is 0 Å². The third-order valence-electron chi connectivity index (χ3n) is 4.01. The van der Waals surface area contributed by atoms with Crippen molar-refractivity contribution >= 4 is 23.2 Å². The molecule has 0 atom stereocenters. The average Bonchev–Trinajstić information content (AvgIpc) is 2.65. The summed E-state index contributed by atoms with van der Waals surface area (Å²) in [5.74, 6) is -0.623. The van der Waals surface area contributed by atoms with E-state index >= 15 is 0 Å². The largest absolute Gasteiger partial charge is 0.322 e. The maximum atomic E-state index is 12.4. The summed E-state index contributed by atoms with van der Waals surface area (Å²) in [5.41, 5.74) is 3.03. The molecular weight excluding hydrogens is 314 g/mol. The number of carbonyl (C=O) groups is 2. The van der Waals surface area contributed by atoms with Gasteiger partial charge in [0.25, 0.3) is 5.91 Å². The van der Waals surface area contributed by atoms with E-state index in [0.29, 0.717) is 17.8 Å². The van der Waals surface area contributed by atoms with Crippen molar-refractivity contribution < 1.29 is 9.59 Å². The Bertz CT molecular complexity index is 881. The van der Waals surface area contributed by atoms with Gasteiger partial charge in [-0.2, -0.15) is 5.26 Å². The number of hydrogen-bond donors (Lipinski definition) is 1. The van der Waals surface area contributed by atoms with Gasteiger partial charge in [-0.15, -0.1) is 0 Å². The molecule has 0 bridgehead atoms. The number of amides is 2. The summed E-state index contributed by atoms with van der Waals surface area (Å²) in [7, 11) is 0. The molecule has 0 saturated heterocycles. The second-order valence-electron chi connectivity index (χ2n) is 5.74. The Morgan fingerprint density at radius 1 is 1.12 bits per heavy atom. The summed E-state index contributed by atoms with van der Waals surface area (Å²) in [5, 5.41) is 11.5. The van der Waals surface area contributed by atoms with E-state index in [-0.39, 0.29) is 5.91 Å². The van der Waals surface area contributed by atoms with Crippen LogP contribution in [0.2, 0.25) is 0 Å². The number of anilines is 2. The molecule has 1 heterocycles. The van der Waals surface area contributed by atoms with Crippen molar-refractivity contribution in [3.8, 4) is 6.07 Å². The Hall–Kier alpha value is -3.39. The van der Waals surface area contributed by atoms with Gasteiger partial charge in [-0.25, -0.2) is 0 Å². The molecule has 1 N–H and O–H groups in total. The minimum Gasteiger partial charge on any atom is -0.322 e. The number of nitriles is 1. The summed E-state index contributed by atoms with van der Waals surface area (Å²) in [6.45, 7) is 0.645. The van der Waals surface area contributed by atoms with E-state index in [9.17, 15) is 9.59 Å². The van der Waals surface area contributed by atoms with Crippen LogP contribution in [0.15, 0.2) is 60.7 Å². The lowest BCUT2D eigenvalue weighted by molar-refractivity contribution is -0.115. The average molecular weight is 331 g/mol. The van der Waals surface area contributed by atoms with E-state index in [0.717, 1.165) is 24.1 Å². The Morgan fingerprint density at radius 3 is 2.80 bits per heavy atom. The molecule has 5 nitrogen and oxygen atoms in total.